The topological polar surface area (TPSA) is 73.2 Å². The van der Waals surface area contributed by atoms with Crippen molar-refractivity contribution in [2.75, 3.05) is 18.0 Å². The Labute approximate surface area is 145 Å². The average molecular weight is 339 g/mol. The molecule has 2 aromatic rings. The van der Waals surface area contributed by atoms with Crippen LogP contribution >= 0.6 is 0 Å². The molecule has 128 valence electrons. The number of nitrogens with one attached hydrogen (secondary N) is 1. The minimum atomic E-state index is -0.299. The summed E-state index contributed by atoms with van der Waals surface area (Å²) in [7, 11) is 0. The van der Waals surface area contributed by atoms with Crippen LogP contribution in [0.2, 0.25) is 0 Å². The Morgan fingerprint density at radius 1 is 1.12 bits per heavy atom. The lowest BCUT2D eigenvalue weighted by molar-refractivity contribution is -0.123. The van der Waals surface area contributed by atoms with Crippen molar-refractivity contribution in [2.24, 2.45) is 0 Å². The molecule has 2 aromatic carbocycles. The molecule has 0 bridgehead atoms. The van der Waals surface area contributed by atoms with Crippen molar-refractivity contribution in [2.45, 2.75) is 13.3 Å². The molecule has 2 amide bonds. The van der Waals surface area contributed by atoms with Gasteiger partial charge in [-0.25, -0.2) is 4.39 Å². The van der Waals surface area contributed by atoms with Crippen LogP contribution in [0.1, 0.15) is 18.1 Å². The highest BCUT2D eigenvalue weighted by Gasteiger charge is 2.15. The monoisotopic (exact) mass is 339 g/mol. The van der Waals surface area contributed by atoms with Gasteiger partial charge < -0.3 is 10.2 Å². The Hall–Kier alpha value is -3.20. The third-order valence-corrected chi connectivity index (χ3v) is 3.64. The lowest BCUT2D eigenvalue weighted by Crippen LogP contribution is -2.40. The van der Waals surface area contributed by atoms with Crippen molar-refractivity contribution in [1.82, 2.24) is 5.32 Å². The maximum atomic E-state index is 12.8. The van der Waals surface area contributed by atoms with Gasteiger partial charge in [0.15, 0.2) is 0 Å². The standard InChI is InChI=1S/C19H18FN3O2/c1-14(24)23(18-8-4-16(12-21)5-9-18)13-19(25)22-11-10-15-2-6-17(20)7-3-15/h2-9H,10-11,13H2,1H3,(H,22,25). The number of carbonyl (C=O) groups is 2. The van der Waals surface area contributed by atoms with E-state index in [1.165, 1.54) is 24.0 Å². The summed E-state index contributed by atoms with van der Waals surface area (Å²) >= 11 is 0. The lowest BCUT2D eigenvalue weighted by atomic mass is 10.1. The molecule has 0 aliphatic carbocycles. The van der Waals surface area contributed by atoms with Gasteiger partial charge in [-0.2, -0.15) is 5.26 Å². The number of nitriles is 1. The summed E-state index contributed by atoms with van der Waals surface area (Å²) in [5.41, 5.74) is 1.95. The van der Waals surface area contributed by atoms with E-state index in [2.05, 4.69) is 5.32 Å². The average Bonchev–Trinajstić information content (AvgIpc) is 2.61. The fourth-order valence-electron chi connectivity index (χ4n) is 2.30. The van der Waals surface area contributed by atoms with Gasteiger partial charge >= 0.3 is 0 Å². The fraction of sp³-hybridized carbons (Fsp3) is 0.211. The highest BCUT2D eigenvalue weighted by Crippen LogP contribution is 2.15. The van der Waals surface area contributed by atoms with E-state index in [4.69, 9.17) is 5.26 Å². The van der Waals surface area contributed by atoms with Crippen molar-refractivity contribution < 1.29 is 14.0 Å². The molecule has 0 aromatic heterocycles. The number of rotatable bonds is 6. The molecule has 6 heteroatoms. The lowest BCUT2D eigenvalue weighted by Gasteiger charge is -2.20. The van der Waals surface area contributed by atoms with Crippen LogP contribution in [0.15, 0.2) is 48.5 Å². The van der Waals surface area contributed by atoms with Crippen LogP contribution in [0.4, 0.5) is 10.1 Å². The van der Waals surface area contributed by atoms with E-state index in [-0.39, 0.29) is 24.2 Å². The van der Waals surface area contributed by atoms with Gasteiger partial charge in [-0.1, -0.05) is 12.1 Å². The molecule has 0 radical (unpaired) electrons. The van der Waals surface area contributed by atoms with Gasteiger partial charge in [0, 0.05) is 19.2 Å². The van der Waals surface area contributed by atoms with Crippen molar-refractivity contribution in [3.8, 4) is 6.07 Å². The summed E-state index contributed by atoms with van der Waals surface area (Å²) in [6, 6.07) is 14.5. The maximum absolute atomic E-state index is 12.8. The van der Waals surface area contributed by atoms with E-state index < -0.39 is 0 Å². The van der Waals surface area contributed by atoms with E-state index in [0.29, 0.717) is 24.2 Å². The zero-order valence-electron chi connectivity index (χ0n) is 13.8. The summed E-state index contributed by atoms with van der Waals surface area (Å²) in [5.74, 6) is -0.854. The Kier molecular flexibility index (Phi) is 6.24. The first-order chi connectivity index (χ1) is 12.0. The third-order valence-electron chi connectivity index (χ3n) is 3.64. The molecule has 0 atom stereocenters. The summed E-state index contributed by atoms with van der Waals surface area (Å²) in [6.45, 7) is 1.66. The third kappa shape index (κ3) is 5.43. The van der Waals surface area contributed by atoms with Crippen LogP contribution in [-0.4, -0.2) is 24.9 Å². The van der Waals surface area contributed by atoms with Gasteiger partial charge in [-0.3, -0.25) is 9.59 Å². The molecule has 5 nitrogen and oxygen atoms in total. The Bertz CT molecular complexity index is 780. The summed E-state index contributed by atoms with van der Waals surface area (Å²) in [6.07, 6.45) is 0.572. The quantitative estimate of drug-likeness (QED) is 0.878. The normalized spacial score (nSPS) is 9.96. The van der Waals surface area contributed by atoms with Gasteiger partial charge in [0.2, 0.25) is 11.8 Å². The van der Waals surface area contributed by atoms with Gasteiger partial charge in [0.05, 0.1) is 11.6 Å². The summed E-state index contributed by atoms with van der Waals surface area (Å²) in [5, 5.41) is 11.6. The number of anilines is 1. The van der Waals surface area contributed by atoms with E-state index in [1.54, 1.807) is 36.4 Å². The number of benzene rings is 2. The number of halogens is 1. The predicted molar refractivity (Wildman–Crippen MR) is 92.3 cm³/mol. The fourth-order valence-corrected chi connectivity index (χ4v) is 2.30. The Balaban J connectivity index is 1.90. The van der Waals surface area contributed by atoms with Gasteiger partial charge in [0.1, 0.15) is 12.4 Å². The number of nitrogens with zero attached hydrogens (tertiary/aromatic N) is 2. The molecule has 0 spiro atoms. The van der Waals surface area contributed by atoms with Gasteiger partial charge in [-0.15, -0.1) is 0 Å². The van der Waals surface area contributed by atoms with Crippen molar-refractivity contribution in [3.05, 3.63) is 65.5 Å². The van der Waals surface area contributed by atoms with Crippen molar-refractivity contribution in [3.63, 3.8) is 0 Å². The van der Waals surface area contributed by atoms with Crippen LogP contribution in [0.3, 0.4) is 0 Å². The molecule has 0 aliphatic heterocycles. The second-order valence-electron chi connectivity index (χ2n) is 5.49. The molecule has 0 heterocycles. The predicted octanol–water partition coefficient (Wildman–Crippen LogP) is 2.41. The maximum Gasteiger partial charge on any atom is 0.240 e. The molecule has 0 fully saturated rings. The van der Waals surface area contributed by atoms with Crippen LogP contribution in [0.5, 0.6) is 0 Å². The molecule has 2 rings (SSSR count). The summed E-state index contributed by atoms with van der Waals surface area (Å²) < 4.78 is 12.8. The SMILES string of the molecule is CC(=O)N(CC(=O)NCCc1ccc(F)cc1)c1ccc(C#N)cc1. The van der Waals surface area contributed by atoms with Crippen LogP contribution in [0.25, 0.3) is 0 Å². The van der Waals surface area contributed by atoms with Gasteiger partial charge in [0.25, 0.3) is 0 Å². The molecular formula is C19H18FN3O2. The number of amides is 2. The number of hydrogen-bond donors (Lipinski definition) is 1. The smallest absolute Gasteiger partial charge is 0.240 e. The summed E-state index contributed by atoms with van der Waals surface area (Å²) in [4.78, 5) is 25.2. The number of hydrogen-bond acceptors (Lipinski definition) is 3. The first kappa shape index (κ1) is 18.1. The Morgan fingerprint density at radius 3 is 2.32 bits per heavy atom. The largest absolute Gasteiger partial charge is 0.354 e. The molecule has 0 unspecified atom stereocenters. The zero-order chi connectivity index (χ0) is 18.2. The van der Waals surface area contributed by atoms with Gasteiger partial charge in [-0.05, 0) is 48.4 Å². The first-order valence-electron chi connectivity index (χ1n) is 7.79. The number of carbonyl (C=O) groups excluding carboxylic acids is 2. The molecular weight excluding hydrogens is 321 g/mol. The van der Waals surface area contributed by atoms with E-state index >= 15 is 0 Å². The van der Waals surface area contributed by atoms with E-state index in [9.17, 15) is 14.0 Å². The second-order valence-corrected chi connectivity index (χ2v) is 5.49. The second kappa shape index (κ2) is 8.60. The molecule has 0 saturated carbocycles. The van der Waals surface area contributed by atoms with Crippen LogP contribution in [0, 0.1) is 17.1 Å². The highest BCUT2D eigenvalue weighted by atomic mass is 19.1. The molecule has 0 saturated heterocycles. The van der Waals surface area contributed by atoms with Crippen LogP contribution in [-0.2, 0) is 16.0 Å². The molecule has 1 N–H and O–H groups in total. The van der Waals surface area contributed by atoms with Crippen LogP contribution < -0.4 is 10.2 Å². The van der Waals surface area contributed by atoms with Crippen molar-refractivity contribution >= 4 is 17.5 Å². The zero-order valence-corrected chi connectivity index (χ0v) is 13.8. The molecule has 25 heavy (non-hydrogen) atoms. The highest BCUT2D eigenvalue weighted by molar-refractivity contribution is 5.97. The van der Waals surface area contributed by atoms with Crippen molar-refractivity contribution in [1.29, 1.82) is 5.26 Å². The van der Waals surface area contributed by atoms with E-state index in [0.717, 1.165) is 5.56 Å². The molecule has 0 aliphatic rings. The minimum absolute atomic E-state index is 0.106. The van der Waals surface area contributed by atoms with E-state index in [1.807, 2.05) is 6.07 Å². The Morgan fingerprint density at radius 2 is 1.76 bits per heavy atom. The first-order valence-corrected chi connectivity index (χ1v) is 7.79. The minimum Gasteiger partial charge on any atom is -0.354 e.